The second kappa shape index (κ2) is 4.45. The van der Waals surface area contributed by atoms with Crippen molar-refractivity contribution in [3.8, 4) is 0 Å². The van der Waals surface area contributed by atoms with Crippen LogP contribution in [0.2, 0.25) is 0 Å². The van der Waals surface area contributed by atoms with E-state index < -0.39 is 0 Å². The molecule has 2 heteroatoms. The molecule has 0 aromatic heterocycles. The molecule has 0 aliphatic rings. The second-order valence-electron chi connectivity index (χ2n) is 3.88. The van der Waals surface area contributed by atoms with Crippen LogP contribution in [0.25, 0.3) is 0 Å². The second-order valence-corrected chi connectivity index (χ2v) is 3.88. The Hall–Kier alpha value is -1.05. The molecule has 0 aliphatic carbocycles. The van der Waals surface area contributed by atoms with Crippen LogP contribution in [0.1, 0.15) is 32.3 Å². The fraction of sp³-hybridized carbons (Fsp3) is 0.500. The topological polar surface area (TPSA) is 3.24 Å². The van der Waals surface area contributed by atoms with Crippen molar-refractivity contribution in [2.75, 3.05) is 18.5 Å². The van der Waals surface area contributed by atoms with Gasteiger partial charge in [-0.15, -0.1) is 0 Å². The predicted molar refractivity (Wildman–Crippen MR) is 59.4 cm³/mol. The summed E-state index contributed by atoms with van der Waals surface area (Å²) >= 11 is 0. The quantitative estimate of drug-likeness (QED) is 0.714. The Morgan fingerprint density at radius 3 is 2.43 bits per heavy atom. The molecule has 0 saturated heterocycles. The number of nitrogens with zero attached hydrogens (tertiary/aromatic N) is 1. The van der Waals surface area contributed by atoms with Gasteiger partial charge in [-0.2, -0.15) is 0 Å². The highest BCUT2D eigenvalue weighted by molar-refractivity contribution is 5.48. The van der Waals surface area contributed by atoms with Gasteiger partial charge < -0.3 is 4.90 Å². The minimum atomic E-state index is -0.124. The Kier molecular flexibility index (Phi) is 3.50. The van der Waals surface area contributed by atoms with Crippen molar-refractivity contribution in [3.05, 3.63) is 29.6 Å². The first-order valence-electron chi connectivity index (χ1n) is 5.06. The fourth-order valence-electron chi connectivity index (χ4n) is 1.36. The largest absolute Gasteiger partial charge is 0.373 e. The number of hydrogen-bond donors (Lipinski definition) is 0. The van der Waals surface area contributed by atoms with Gasteiger partial charge in [-0.1, -0.05) is 19.9 Å². The standard InChI is InChI=1S/C12H18FN/c1-5-14(4)12-7-6-10(9(2)3)8-11(12)13/h6-9H,5H2,1-4H3. The number of hydrogen-bond acceptors (Lipinski definition) is 1. The number of anilines is 1. The summed E-state index contributed by atoms with van der Waals surface area (Å²) < 4.78 is 13.6. The normalized spacial score (nSPS) is 10.7. The average Bonchev–Trinajstić information content (AvgIpc) is 2.16. The molecule has 0 spiro atoms. The van der Waals surface area contributed by atoms with Gasteiger partial charge in [-0.3, -0.25) is 0 Å². The van der Waals surface area contributed by atoms with Gasteiger partial charge in [-0.25, -0.2) is 4.39 Å². The Morgan fingerprint density at radius 1 is 1.36 bits per heavy atom. The predicted octanol–water partition coefficient (Wildman–Crippen LogP) is 3.41. The van der Waals surface area contributed by atoms with Crippen molar-refractivity contribution in [3.63, 3.8) is 0 Å². The lowest BCUT2D eigenvalue weighted by Crippen LogP contribution is -2.17. The first-order valence-corrected chi connectivity index (χ1v) is 5.06. The number of halogens is 1. The summed E-state index contributed by atoms with van der Waals surface area (Å²) in [4.78, 5) is 1.90. The molecule has 78 valence electrons. The van der Waals surface area contributed by atoms with Crippen molar-refractivity contribution < 1.29 is 4.39 Å². The Balaban J connectivity index is 3.01. The van der Waals surface area contributed by atoms with Crippen molar-refractivity contribution >= 4 is 5.69 Å². The van der Waals surface area contributed by atoms with Crippen molar-refractivity contribution in [1.29, 1.82) is 0 Å². The summed E-state index contributed by atoms with van der Waals surface area (Å²) in [5, 5.41) is 0. The van der Waals surface area contributed by atoms with Crippen molar-refractivity contribution in [2.24, 2.45) is 0 Å². The molecule has 0 N–H and O–H groups in total. The molecule has 0 radical (unpaired) electrons. The molecule has 0 heterocycles. The Morgan fingerprint density at radius 2 is 2.00 bits per heavy atom. The maximum absolute atomic E-state index is 13.6. The number of rotatable bonds is 3. The van der Waals surface area contributed by atoms with Crippen LogP contribution in [-0.4, -0.2) is 13.6 Å². The van der Waals surface area contributed by atoms with Crippen LogP contribution < -0.4 is 4.90 Å². The molecule has 1 aromatic carbocycles. The molecule has 0 bridgehead atoms. The highest BCUT2D eigenvalue weighted by Crippen LogP contribution is 2.23. The van der Waals surface area contributed by atoms with Gasteiger partial charge in [0.15, 0.2) is 0 Å². The molecule has 1 nitrogen and oxygen atoms in total. The van der Waals surface area contributed by atoms with Crippen LogP contribution in [0, 0.1) is 5.82 Å². The van der Waals surface area contributed by atoms with Gasteiger partial charge >= 0.3 is 0 Å². The van der Waals surface area contributed by atoms with E-state index in [1.807, 2.05) is 31.0 Å². The highest BCUT2D eigenvalue weighted by atomic mass is 19.1. The SMILES string of the molecule is CCN(C)c1ccc(C(C)C)cc1F. The van der Waals surface area contributed by atoms with Crippen LogP contribution >= 0.6 is 0 Å². The summed E-state index contributed by atoms with van der Waals surface area (Å²) in [5.74, 6) is 0.256. The molecular formula is C12H18FN. The highest BCUT2D eigenvalue weighted by Gasteiger charge is 2.08. The van der Waals surface area contributed by atoms with Gasteiger partial charge in [0.25, 0.3) is 0 Å². The molecule has 0 aliphatic heterocycles. The van der Waals surface area contributed by atoms with E-state index in [4.69, 9.17) is 0 Å². The molecule has 1 rings (SSSR count). The molecule has 0 amide bonds. The Bertz CT molecular complexity index is 307. The van der Waals surface area contributed by atoms with Crippen LogP contribution in [0.3, 0.4) is 0 Å². The smallest absolute Gasteiger partial charge is 0.146 e. The van der Waals surface area contributed by atoms with Crippen molar-refractivity contribution in [2.45, 2.75) is 26.7 Å². The zero-order valence-corrected chi connectivity index (χ0v) is 9.34. The van der Waals surface area contributed by atoms with Gasteiger partial charge in [-0.05, 0) is 30.5 Å². The van der Waals surface area contributed by atoms with E-state index in [2.05, 4.69) is 13.8 Å². The first kappa shape index (κ1) is 11.0. The van der Waals surface area contributed by atoms with E-state index in [9.17, 15) is 4.39 Å². The molecule has 0 atom stereocenters. The van der Waals surface area contributed by atoms with Gasteiger partial charge in [0.2, 0.25) is 0 Å². The van der Waals surface area contributed by atoms with Crippen LogP contribution in [0.4, 0.5) is 10.1 Å². The van der Waals surface area contributed by atoms with E-state index in [0.717, 1.165) is 12.1 Å². The third-order valence-electron chi connectivity index (χ3n) is 2.52. The Labute approximate surface area is 85.5 Å². The van der Waals surface area contributed by atoms with E-state index in [1.54, 1.807) is 6.07 Å². The summed E-state index contributed by atoms with van der Waals surface area (Å²) in [6.45, 7) is 6.96. The minimum absolute atomic E-state index is 0.124. The van der Waals surface area contributed by atoms with Gasteiger partial charge in [0.05, 0.1) is 5.69 Å². The lowest BCUT2D eigenvalue weighted by molar-refractivity contribution is 0.619. The van der Waals surface area contributed by atoms with Gasteiger partial charge in [0.1, 0.15) is 5.82 Å². The fourth-order valence-corrected chi connectivity index (χ4v) is 1.36. The molecule has 0 saturated carbocycles. The number of benzene rings is 1. The van der Waals surface area contributed by atoms with E-state index in [0.29, 0.717) is 11.6 Å². The van der Waals surface area contributed by atoms with Gasteiger partial charge in [0, 0.05) is 13.6 Å². The zero-order valence-electron chi connectivity index (χ0n) is 9.34. The lowest BCUT2D eigenvalue weighted by Gasteiger charge is -2.18. The molecular weight excluding hydrogens is 177 g/mol. The average molecular weight is 195 g/mol. The van der Waals surface area contributed by atoms with E-state index >= 15 is 0 Å². The maximum Gasteiger partial charge on any atom is 0.146 e. The first-order chi connectivity index (χ1) is 6.56. The molecule has 0 fully saturated rings. The van der Waals surface area contributed by atoms with Crippen LogP contribution in [-0.2, 0) is 0 Å². The zero-order chi connectivity index (χ0) is 10.7. The summed E-state index contributed by atoms with van der Waals surface area (Å²) in [5.41, 5.74) is 1.73. The molecule has 14 heavy (non-hydrogen) atoms. The van der Waals surface area contributed by atoms with Crippen molar-refractivity contribution in [1.82, 2.24) is 0 Å². The lowest BCUT2D eigenvalue weighted by atomic mass is 10.0. The summed E-state index contributed by atoms with van der Waals surface area (Å²) in [6.07, 6.45) is 0. The van der Waals surface area contributed by atoms with Crippen LogP contribution in [0.15, 0.2) is 18.2 Å². The third-order valence-corrected chi connectivity index (χ3v) is 2.52. The maximum atomic E-state index is 13.6. The molecule has 0 unspecified atom stereocenters. The third kappa shape index (κ3) is 2.25. The monoisotopic (exact) mass is 195 g/mol. The minimum Gasteiger partial charge on any atom is -0.373 e. The molecule has 1 aromatic rings. The van der Waals surface area contributed by atoms with E-state index in [-0.39, 0.29) is 5.82 Å². The van der Waals surface area contributed by atoms with Crippen LogP contribution in [0.5, 0.6) is 0 Å². The summed E-state index contributed by atoms with van der Waals surface area (Å²) in [6, 6.07) is 5.48. The summed E-state index contributed by atoms with van der Waals surface area (Å²) in [7, 11) is 1.90. The van der Waals surface area contributed by atoms with E-state index in [1.165, 1.54) is 0 Å².